The predicted molar refractivity (Wildman–Crippen MR) is 130 cm³/mol. The number of benzene rings is 3. The van der Waals surface area contributed by atoms with Crippen LogP contribution < -0.4 is 19.5 Å². The molecule has 1 saturated heterocycles. The van der Waals surface area contributed by atoms with Crippen LogP contribution in [0.2, 0.25) is 0 Å². The summed E-state index contributed by atoms with van der Waals surface area (Å²) in [6, 6.07) is 20.4. The SMILES string of the molecule is COc1ccc2c(c1)C(=O)N1C3c4cc(OC)ccc4OCC3C(c3ccccc3)[C@]1(C)C(=O)N2. The summed E-state index contributed by atoms with van der Waals surface area (Å²) in [7, 11) is 3.17. The van der Waals surface area contributed by atoms with Gasteiger partial charge in [0, 0.05) is 17.4 Å². The van der Waals surface area contributed by atoms with Gasteiger partial charge in [-0.25, -0.2) is 0 Å². The van der Waals surface area contributed by atoms with E-state index in [9.17, 15) is 9.59 Å². The molecule has 7 heteroatoms. The molecule has 7 nitrogen and oxygen atoms in total. The quantitative estimate of drug-likeness (QED) is 0.614. The van der Waals surface area contributed by atoms with Crippen molar-refractivity contribution in [3.05, 3.63) is 83.4 Å². The van der Waals surface area contributed by atoms with Crippen LogP contribution in [0.1, 0.15) is 40.4 Å². The number of nitrogens with zero attached hydrogens (tertiary/aromatic N) is 1. The highest BCUT2D eigenvalue weighted by atomic mass is 16.5. The molecule has 3 unspecified atom stereocenters. The van der Waals surface area contributed by atoms with Crippen LogP contribution >= 0.6 is 0 Å². The van der Waals surface area contributed by atoms with Crippen LogP contribution in [-0.2, 0) is 4.79 Å². The number of methoxy groups -OCH3 is 2. The van der Waals surface area contributed by atoms with Crippen LogP contribution in [0.4, 0.5) is 5.69 Å². The van der Waals surface area contributed by atoms with Gasteiger partial charge in [-0.15, -0.1) is 0 Å². The molecule has 3 aliphatic heterocycles. The smallest absolute Gasteiger partial charge is 0.257 e. The van der Waals surface area contributed by atoms with Gasteiger partial charge in [0.25, 0.3) is 11.8 Å². The Hall–Kier alpha value is -4.00. The fraction of sp³-hybridized carbons (Fsp3) is 0.286. The van der Waals surface area contributed by atoms with Crippen LogP contribution in [0, 0.1) is 5.92 Å². The Morgan fingerprint density at radius 1 is 0.971 bits per heavy atom. The molecule has 0 spiro atoms. The Bertz CT molecular complexity index is 1340. The fourth-order valence-electron chi connectivity index (χ4n) is 6.12. The number of amides is 2. The lowest BCUT2D eigenvalue weighted by Gasteiger charge is -2.38. The number of nitrogens with one attached hydrogen (secondary N) is 1. The van der Waals surface area contributed by atoms with Crippen LogP contribution in [0.3, 0.4) is 0 Å². The van der Waals surface area contributed by atoms with Crippen molar-refractivity contribution in [2.45, 2.75) is 24.4 Å². The maximum Gasteiger partial charge on any atom is 0.257 e. The molecule has 0 radical (unpaired) electrons. The molecule has 1 fully saturated rings. The van der Waals surface area contributed by atoms with Crippen molar-refractivity contribution in [2.75, 3.05) is 26.1 Å². The highest BCUT2D eigenvalue weighted by Gasteiger charge is 2.65. The van der Waals surface area contributed by atoms with E-state index in [1.165, 1.54) is 0 Å². The van der Waals surface area contributed by atoms with E-state index in [-0.39, 0.29) is 29.7 Å². The number of hydrogen-bond acceptors (Lipinski definition) is 5. The second-order valence-electron chi connectivity index (χ2n) is 9.40. The summed E-state index contributed by atoms with van der Waals surface area (Å²) in [4.78, 5) is 30.2. The maximum atomic E-state index is 14.3. The zero-order valence-electron chi connectivity index (χ0n) is 19.8. The summed E-state index contributed by atoms with van der Waals surface area (Å²) >= 11 is 0. The summed E-state index contributed by atoms with van der Waals surface area (Å²) in [6.45, 7) is 2.26. The number of ether oxygens (including phenoxy) is 3. The largest absolute Gasteiger partial charge is 0.497 e. The molecule has 0 saturated carbocycles. The number of carbonyl (C=O) groups excluding carboxylic acids is 2. The molecule has 3 aromatic carbocycles. The minimum atomic E-state index is -1.16. The molecule has 0 bridgehead atoms. The third-order valence-electron chi connectivity index (χ3n) is 7.73. The number of anilines is 1. The lowest BCUT2D eigenvalue weighted by atomic mass is 9.73. The van der Waals surface area contributed by atoms with Crippen LogP contribution in [-0.4, -0.2) is 43.1 Å². The maximum absolute atomic E-state index is 14.3. The van der Waals surface area contributed by atoms with Gasteiger partial charge in [-0.1, -0.05) is 30.3 Å². The molecule has 2 amide bonds. The first-order chi connectivity index (χ1) is 17.0. The van der Waals surface area contributed by atoms with Crippen molar-refractivity contribution in [1.82, 2.24) is 4.90 Å². The average Bonchev–Trinajstić information content (AvgIpc) is 3.14. The van der Waals surface area contributed by atoms with Gasteiger partial charge >= 0.3 is 0 Å². The van der Waals surface area contributed by atoms with E-state index in [1.54, 1.807) is 37.3 Å². The molecule has 0 aliphatic carbocycles. The average molecular weight is 471 g/mol. The van der Waals surface area contributed by atoms with E-state index in [0.29, 0.717) is 35.1 Å². The summed E-state index contributed by atoms with van der Waals surface area (Å²) in [6.07, 6.45) is 0. The van der Waals surface area contributed by atoms with E-state index in [2.05, 4.69) is 5.32 Å². The van der Waals surface area contributed by atoms with Crippen molar-refractivity contribution in [3.63, 3.8) is 0 Å². The first-order valence-electron chi connectivity index (χ1n) is 11.7. The third kappa shape index (κ3) is 2.97. The fourth-order valence-corrected chi connectivity index (χ4v) is 6.12. The first-order valence-corrected chi connectivity index (χ1v) is 11.7. The molecule has 35 heavy (non-hydrogen) atoms. The lowest BCUT2D eigenvalue weighted by Crippen LogP contribution is -2.54. The molecule has 6 rings (SSSR count). The highest BCUT2D eigenvalue weighted by molar-refractivity contribution is 6.13. The third-order valence-corrected chi connectivity index (χ3v) is 7.73. The van der Waals surface area contributed by atoms with E-state index >= 15 is 0 Å². The molecule has 3 heterocycles. The monoisotopic (exact) mass is 470 g/mol. The van der Waals surface area contributed by atoms with Gasteiger partial charge in [0.05, 0.1) is 38.1 Å². The molecular formula is C28H26N2O5. The molecule has 0 aromatic heterocycles. The Balaban J connectivity index is 1.62. The van der Waals surface area contributed by atoms with Crippen LogP contribution in [0.15, 0.2) is 66.7 Å². The number of carbonyl (C=O) groups is 2. The normalized spacial score (nSPS) is 26.4. The van der Waals surface area contributed by atoms with Gasteiger partial charge in [0.1, 0.15) is 22.8 Å². The second-order valence-corrected chi connectivity index (χ2v) is 9.40. The van der Waals surface area contributed by atoms with E-state index in [1.807, 2.05) is 55.5 Å². The van der Waals surface area contributed by atoms with Crippen LogP contribution in [0.25, 0.3) is 0 Å². The molecule has 3 aliphatic rings. The molecule has 3 aromatic rings. The standard InChI is InChI=1S/C28H26N2O5/c1-28-24(16-7-5-4-6-8-16)21-15-35-23-12-10-18(34-3)14-20(23)25(21)30(28)26(31)19-13-17(33-2)9-11-22(19)29-27(28)32/h4-14,21,24-25H,15H2,1-3H3,(H,29,32)/t21?,24?,25?,28-/m1/s1. The topological polar surface area (TPSA) is 77.1 Å². The van der Waals surface area contributed by atoms with Gasteiger partial charge in [0.15, 0.2) is 0 Å². The Morgan fingerprint density at radius 3 is 2.43 bits per heavy atom. The van der Waals surface area contributed by atoms with Gasteiger partial charge in [-0.2, -0.15) is 0 Å². The summed E-state index contributed by atoms with van der Waals surface area (Å²) in [5, 5.41) is 3.05. The molecule has 4 atom stereocenters. The minimum Gasteiger partial charge on any atom is -0.497 e. The zero-order chi connectivity index (χ0) is 24.3. The molecule has 1 N–H and O–H groups in total. The van der Waals surface area contributed by atoms with Crippen LogP contribution in [0.5, 0.6) is 17.2 Å². The lowest BCUT2D eigenvalue weighted by molar-refractivity contribution is -0.125. The van der Waals surface area contributed by atoms with Gasteiger partial charge in [0.2, 0.25) is 0 Å². The van der Waals surface area contributed by atoms with E-state index in [0.717, 1.165) is 11.1 Å². The zero-order valence-corrected chi connectivity index (χ0v) is 19.8. The molecular weight excluding hydrogens is 444 g/mol. The first kappa shape index (κ1) is 21.5. The van der Waals surface area contributed by atoms with Crippen molar-refractivity contribution < 1.29 is 23.8 Å². The van der Waals surface area contributed by atoms with Crippen molar-refractivity contribution in [3.8, 4) is 17.2 Å². The van der Waals surface area contributed by atoms with E-state index < -0.39 is 5.54 Å². The number of hydrogen-bond donors (Lipinski definition) is 1. The Morgan fingerprint density at radius 2 is 1.69 bits per heavy atom. The van der Waals surface area contributed by atoms with Gasteiger partial charge in [-0.3, -0.25) is 9.59 Å². The van der Waals surface area contributed by atoms with Crippen molar-refractivity contribution in [2.24, 2.45) is 5.92 Å². The van der Waals surface area contributed by atoms with Crippen molar-refractivity contribution in [1.29, 1.82) is 0 Å². The highest BCUT2D eigenvalue weighted by Crippen LogP contribution is 2.60. The summed E-state index contributed by atoms with van der Waals surface area (Å²) < 4.78 is 17.1. The second kappa shape index (κ2) is 7.77. The summed E-state index contributed by atoms with van der Waals surface area (Å²) in [5.74, 6) is 1.07. The predicted octanol–water partition coefficient (Wildman–Crippen LogP) is 4.40. The van der Waals surface area contributed by atoms with Gasteiger partial charge in [-0.05, 0) is 48.9 Å². The van der Waals surface area contributed by atoms with E-state index in [4.69, 9.17) is 14.2 Å². The number of rotatable bonds is 3. The summed E-state index contributed by atoms with van der Waals surface area (Å²) in [5.41, 5.74) is 1.57. The van der Waals surface area contributed by atoms with Gasteiger partial charge < -0.3 is 24.4 Å². The minimum absolute atomic E-state index is 0.135. The number of fused-ring (bicyclic) bond motifs is 6. The molecule has 178 valence electrons. The Labute approximate surface area is 203 Å². The Kier molecular flexibility index (Phi) is 4.78. The van der Waals surface area contributed by atoms with Crippen molar-refractivity contribution >= 4 is 17.5 Å².